The van der Waals surface area contributed by atoms with Crippen molar-refractivity contribution in [3.05, 3.63) is 59.2 Å². The number of hydrogen-bond acceptors (Lipinski definition) is 5. The second kappa shape index (κ2) is 7.57. The fraction of sp³-hybridized carbons (Fsp3) is 0.222. The smallest absolute Gasteiger partial charge is 0.338 e. The number of anilines is 1. The third kappa shape index (κ3) is 4.20. The molecule has 0 spiro atoms. The van der Waals surface area contributed by atoms with Crippen molar-refractivity contribution in [2.75, 3.05) is 25.9 Å². The monoisotopic (exact) mass is 376 g/mol. The number of sulfonamides is 1. The molecule has 1 N–H and O–H groups in total. The van der Waals surface area contributed by atoms with Gasteiger partial charge in [0.15, 0.2) is 0 Å². The molecule has 138 valence electrons. The molecule has 0 radical (unpaired) electrons. The Balaban J connectivity index is 2.29. The van der Waals surface area contributed by atoms with Gasteiger partial charge in [-0.25, -0.2) is 13.2 Å². The SMILES string of the molecule is COC(=O)c1cc(S(=O)(=O)Nc2ccc(C(=O)N(C)C)cc2)ccc1C. The van der Waals surface area contributed by atoms with Gasteiger partial charge in [0.2, 0.25) is 0 Å². The Hall–Kier alpha value is -2.87. The third-order valence-electron chi connectivity index (χ3n) is 3.71. The van der Waals surface area contributed by atoms with Gasteiger partial charge in [0.05, 0.1) is 17.6 Å². The van der Waals surface area contributed by atoms with E-state index in [1.54, 1.807) is 27.1 Å². The Morgan fingerprint density at radius 2 is 1.65 bits per heavy atom. The number of esters is 1. The Morgan fingerprint density at radius 1 is 1.04 bits per heavy atom. The minimum Gasteiger partial charge on any atom is -0.465 e. The van der Waals surface area contributed by atoms with E-state index in [1.165, 1.54) is 48.4 Å². The van der Waals surface area contributed by atoms with Crippen molar-refractivity contribution in [1.82, 2.24) is 4.90 Å². The number of aryl methyl sites for hydroxylation is 1. The molecule has 0 aliphatic rings. The number of methoxy groups -OCH3 is 1. The Morgan fingerprint density at radius 3 is 2.19 bits per heavy atom. The van der Waals surface area contributed by atoms with Gasteiger partial charge in [-0.2, -0.15) is 0 Å². The number of nitrogens with zero attached hydrogens (tertiary/aromatic N) is 1. The average molecular weight is 376 g/mol. The summed E-state index contributed by atoms with van der Waals surface area (Å²) in [5, 5.41) is 0. The Kier molecular flexibility index (Phi) is 5.66. The molecule has 7 nitrogen and oxygen atoms in total. The number of amides is 1. The highest BCUT2D eigenvalue weighted by molar-refractivity contribution is 7.92. The fourth-order valence-corrected chi connectivity index (χ4v) is 3.34. The van der Waals surface area contributed by atoms with E-state index in [9.17, 15) is 18.0 Å². The maximum atomic E-state index is 12.6. The van der Waals surface area contributed by atoms with Crippen molar-refractivity contribution >= 4 is 27.6 Å². The Labute approximate surface area is 152 Å². The van der Waals surface area contributed by atoms with Crippen LogP contribution in [0.15, 0.2) is 47.4 Å². The lowest BCUT2D eigenvalue weighted by atomic mass is 10.1. The first-order chi connectivity index (χ1) is 12.2. The van der Waals surface area contributed by atoms with E-state index in [0.717, 1.165) is 0 Å². The van der Waals surface area contributed by atoms with Crippen molar-refractivity contribution < 1.29 is 22.7 Å². The summed E-state index contributed by atoms with van der Waals surface area (Å²) in [6.07, 6.45) is 0. The van der Waals surface area contributed by atoms with Crippen LogP contribution in [-0.2, 0) is 14.8 Å². The number of carbonyl (C=O) groups excluding carboxylic acids is 2. The highest BCUT2D eigenvalue weighted by Gasteiger charge is 2.19. The van der Waals surface area contributed by atoms with Crippen molar-refractivity contribution in [3.8, 4) is 0 Å². The van der Waals surface area contributed by atoms with Crippen molar-refractivity contribution in [2.45, 2.75) is 11.8 Å². The summed E-state index contributed by atoms with van der Waals surface area (Å²) in [5.74, 6) is -0.785. The lowest BCUT2D eigenvalue weighted by Gasteiger charge is -2.12. The molecular formula is C18H20N2O5S. The number of ether oxygens (including phenoxy) is 1. The van der Waals surface area contributed by atoms with Gasteiger partial charge in [0.1, 0.15) is 0 Å². The summed E-state index contributed by atoms with van der Waals surface area (Å²) in [6.45, 7) is 1.69. The number of rotatable bonds is 5. The number of hydrogen-bond donors (Lipinski definition) is 1. The first-order valence-corrected chi connectivity index (χ1v) is 9.17. The predicted octanol–water partition coefficient (Wildman–Crippen LogP) is 2.28. The van der Waals surface area contributed by atoms with Gasteiger partial charge in [-0.05, 0) is 48.9 Å². The summed E-state index contributed by atoms with van der Waals surface area (Å²) >= 11 is 0. The molecule has 0 bridgehead atoms. The molecule has 2 rings (SSSR count). The van der Waals surface area contributed by atoms with Gasteiger partial charge in [-0.15, -0.1) is 0 Å². The van der Waals surface area contributed by atoms with E-state index in [2.05, 4.69) is 9.46 Å². The van der Waals surface area contributed by atoms with Gasteiger partial charge in [-0.1, -0.05) is 6.07 Å². The summed E-state index contributed by atoms with van der Waals surface area (Å²) in [4.78, 5) is 25.0. The predicted molar refractivity (Wildman–Crippen MR) is 97.8 cm³/mol. The van der Waals surface area contributed by atoms with Crippen LogP contribution < -0.4 is 4.72 Å². The molecule has 0 saturated heterocycles. The van der Waals surface area contributed by atoms with Crippen molar-refractivity contribution in [1.29, 1.82) is 0 Å². The van der Waals surface area contributed by atoms with Gasteiger partial charge in [0.25, 0.3) is 15.9 Å². The molecular weight excluding hydrogens is 356 g/mol. The van der Waals surface area contributed by atoms with E-state index in [0.29, 0.717) is 16.8 Å². The number of benzene rings is 2. The zero-order valence-corrected chi connectivity index (χ0v) is 15.8. The lowest BCUT2D eigenvalue weighted by Crippen LogP contribution is -2.21. The third-order valence-corrected chi connectivity index (χ3v) is 5.09. The van der Waals surface area contributed by atoms with E-state index < -0.39 is 16.0 Å². The second-order valence-electron chi connectivity index (χ2n) is 5.85. The fourth-order valence-electron chi connectivity index (χ4n) is 2.25. The number of carbonyl (C=O) groups is 2. The van der Waals surface area contributed by atoms with Crippen LogP contribution in [0, 0.1) is 6.92 Å². The molecule has 1 amide bonds. The highest BCUT2D eigenvalue weighted by Crippen LogP contribution is 2.20. The van der Waals surface area contributed by atoms with Crippen LogP contribution in [0.3, 0.4) is 0 Å². The van der Waals surface area contributed by atoms with Crippen LogP contribution in [0.2, 0.25) is 0 Å². The second-order valence-corrected chi connectivity index (χ2v) is 7.53. The molecule has 0 aromatic heterocycles. The highest BCUT2D eigenvalue weighted by atomic mass is 32.2. The maximum Gasteiger partial charge on any atom is 0.338 e. The molecule has 2 aromatic carbocycles. The van der Waals surface area contributed by atoms with Crippen LogP contribution in [0.5, 0.6) is 0 Å². The van der Waals surface area contributed by atoms with Crippen molar-refractivity contribution in [2.24, 2.45) is 0 Å². The minimum absolute atomic E-state index is 0.0584. The first kappa shape index (κ1) is 19.5. The van der Waals surface area contributed by atoms with Crippen LogP contribution >= 0.6 is 0 Å². The van der Waals surface area contributed by atoms with Gasteiger partial charge in [0, 0.05) is 25.3 Å². The van der Waals surface area contributed by atoms with Crippen molar-refractivity contribution in [3.63, 3.8) is 0 Å². The lowest BCUT2D eigenvalue weighted by molar-refractivity contribution is 0.0599. The van der Waals surface area contributed by atoms with Gasteiger partial charge < -0.3 is 9.64 Å². The summed E-state index contributed by atoms with van der Waals surface area (Å²) in [5.41, 5.74) is 1.55. The first-order valence-electron chi connectivity index (χ1n) is 7.69. The molecule has 0 saturated carbocycles. The molecule has 2 aromatic rings. The molecule has 0 heterocycles. The van der Waals surface area contributed by atoms with Crippen LogP contribution in [0.25, 0.3) is 0 Å². The normalized spacial score (nSPS) is 10.9. The van der Waals surface area contributed by atoms with Crippen LogP contribution in [0.1, 0.15) is 26.3 Å². The zero-order valence-electron chi connectivity index (χ0n) is 14.9. The molecule has 0 atom stereocenters. The summed E-state index contributed by atoms with van der Waals surface area (Å²) < 4.78 is 32.2. The molecule has 0 aliphatic carbocycles. The molecule has 0 fully saturated rings. The van der Waals surface area contributed by atoms with Crippen LogP contribution in [0.4, 0.5) is 5.69 Å². The van der Waals surface area contributed by atoms with Gasteiger partial charge >= 0.3 is 5.97 Å². The van der Waals surface area contributed by atoms with E-state index in [4.69, 9.17) is 0 Å². The van der Waals surface area contributed by atoms with E-state index >= 15 is 0 Å². The largest absolute Gasteiger partial charge is 0.465 e. The summed E-state index contributed by atoms with van der Waals surface area (Å²) in [7, 11) is 0.605. The van der Waals surface area contributed by atoms with Gasteiger partial charge in [-0.3, -0.25) is 9.52 Å². The molecule has 26 heavy (non-hydrogen) atoms. The Bertz CT molecular complexity index is 935. The van der Waals surface area contributed by atoms with E-state index in [-0.39, 0.29) is 16.4 Å². The topological polar surface area (TPSA) is 92.8 Å². The van der Waals surface area contributed by atoms with Crippen LogP contribution in [-0.4, -0.2) is 46.4 Å². The summed E-state index contributed by atoms with van der Waals surface area (Å²) in [6, 6.07) is 10.3. The molecule has 0 unspecified atom stereocenters. The average Bonchev–Trinajstić information content (AvgIpc) is 2.60. The standard InChI is InChI=1S/C18H20N2O5S/c1-12-5-10-15(11-16(12)18(22)25-4)26(23,24)19-14-8-6-13(7-9-14)17(21)20(2)3/h5-11,19H,1-4H3. The zero-order chi connectivity index (χ0) is 19.5. The maximum absolute atomic E-state index is 12.6. The quantitative estimate of drug-likeness (QED) is 0.808. The van der Waals surface area contributed by atoms with E-state index in [1.807, 2.05) is 0 Å². The number of nitrogens with one attached hydrogen (secondary N) is 1. The molecule has 0 aliphatic heterocycles. The minimum atomic E-state index is -3.90. The molecule has 8 heteroatoms.